The average molecular weight is 209 g/mol. The molecule has 1 aromatic rings. The molecule has 15 heavy (non-hydrogen) atoms. The summed E-state index contributed by atoms with van der Waals surface area (Å²) in [7, 11) is 0. The van der Waals surface area contributed by atoms with Crippen LogP contribution in [0.25, 0.3) is 0 Å². The third kappa shape index (κ3) is 2.04. The summed E-state index contributed by atoms with van der Waals surface area (Å²) >= 11 is 0. The van der Waals surface area contributed by atoms with Crippen molar-refractivity contribution < 1.29 is 13.9 Å². The lowest BCUT2D eigenvalue weighted by atomic mass is 10.2. The molecule has 0 aromatic carbocycles. The molecule has 0 aliphatic carbocycles. The molecule has 1 aromatic heterocycles. The molecular formula is C11H15NO3. The monoisotopic (exact) mass is 209 g/mol. The lowest BCUT2D eigenvalue weighted by molar-refractivity contribution is 0.0326. The molecule has 1 aliphatic rings. The molecule has 1 fully saturated rings. The Bertz CT molecular complexity index is 347. The first-order chi connectivity index (χ1) is 7.20. The van der Waals surface area contributed by atoms with Gasteiger partial charge in [-0.05, 0) is 19.9 Å². The molecule has 0 amide bonds. The van der Waals surface area contributed by atoms with Gasteiger partial charge in [-0.25, -0.2) is 0 Å². The second-order valence-electron chi connectivity index (χ2n) is 3.94. The number of ether oxygens (including phenoxy) is 1. The van der Waals surface area contributed by atoms with Gasteiger partial charge in [0.05, 0.1) is 18.8 Å². The van der Waals surface area contributed by atoms with Crippen LogP contribution in [0, 0.1) is 0 Å². The molecule has 4 nitrogen and oxygen atoms in total. The highest BCUT2D eigenvalue weighted by molar-refractivity contribution is 5.71. The summed E-state index contributed by atoms with van der Waals surface area (Å²) in [4.78, 5) is 12.6. The first kappa shape index (κ1) is 10.2. The van der Waals surface area contributed by atoms with Crippen molar-refractivity contribution in [2.45, 2.75) is 26.0 Å². The van der Waals surface area contributed by atoms with Gasteiger partial charge >= 0.3 is 0 Å². The quantitative estimate of drug-likeness (QED) is 0.695. The summed E-state index contributed by atoms with van der Waals surface area (Å²) in [5, 5.41) is 0. The third-order valence-electron chi connectivity index (χ3n) is 2.62. The van der Waals surface area contributed by atoms with E-state index in [0.29, 0.717) is 12.4 Å². The number of carbonyl (C=O) groups excluding carboxylic acids is 1. The molecule has 0 saturated carbocycles. The molecule has 1 saturated heterocycles. The minimum absolute atomic E-state index is 0.200. The van der Waals surface area contributed by atoms with Crippen molar-refractivity contribution in [2.24, 2.45) is 0 Å². The van der Waals surface area contributed by atoms with E-state index < -0.39 is 0 Å². The van der Waals surface area contributed by atoms with Crippen LogP contribution in [-0.2, 0) is 4.74 Å². The van der Waals surface area contributed by atoms with Crippen molar-refractivity contribution in [3.63, 3.8) is 0 Å². The number of anilines is 1. The zero-order valence-corrected chi connectivity index (χ0v) is 8.97. The van der Waals surface area contributed by atoms with Crippen LogP contribution in [0.4, 0.5) is 5.88 Å². The zero-order chi connectivity index (χ0) is 10.8. The van der Waals surface area contributed by atoms with E-state index >= 15 is 0 Å². The van der Waals surface area contributed by atoms with Gasteiger partial charge in [0.2, 0.25) is 0 Å². The number of nitrogens with zero attached hydrogens (tertiary/aromatic N) is 1. The van der Waals surface area contributed by atoms with Crippen molar-refractivity contribution in [1.82, 2.24) is 0 Å². The highest BCUT2D eigenvalue weighted by Crippen LogP contribution is 2.23. The second kappa shape index (κ2) is 4.06. The topological polar surface area (TPSA) is 42.7 Å². The van der Waals surface area contributed by atoms with Crippen molar-refractivity contribution in [3.8, 4) is 0 Å². The first-order valence-electron chi connectivity index (χ1n) is 5.14. The summed E-state index contributed by atoms with van der Waals surface area (Å²) < 4.78 is 10.9. The Hall–Kier alpha value is -1.29. The van der Waals surface area contributed by atoms with E-state index in [0.717, 1.165) is 18.7 Å². The Morgan fingerprint density at radius 3 is 2.93 bits per heavy atom. The fourth-order valence-corrected chi connectivity index (χ4v) is 1.77. The molecule has 82 valence electrons. The van der Waals surface area contributed by atoms with Gasteiger partial charge in [-0.3, -0.25) is 4.79 Å². The van der Waals surface area contributed by atoms with Gasteiger partial charge in [0.1, 0.15) is 0 Å². The van der Waals surface area contributed by atoms with Crippen LogP contribution in [0.5, 0.6) is 0 Å². The molecular weight excluding hydrogens is 194 g/mol. The van der Waals surface area contributed by atoms with Gasteiger partial charge in [0.15, 0.2) is 17.9 Å². The molecule has 2 rings (SSSR count). The van der Waals surface area contributed by atoms with Gasteiger partial charge in [0.25, 0.3) is 0 Å². The number of hydrogen-bond donors (Lipinski definition) is 0. The van der Waals surface area contributed by atoms with Crippen molar-refractivity contribution >= 4 is 12.2 Å². The molecule has 4 heteroatoms. The smallest absolute Gasteiger partial charge is 0.196 e. The van der Waals surface area contributed by atoms with Crippen molar-refractivity contribution in [1.29, 1.82) is 0 Å². The number of morpholine rings is 1. The maximum atomic E-state index is 10.5. The summed E-state index contributed by atoms with van der Waals surface area (Å²) in [6.07, 6.45) is 0.920. The first-order valence-corrected chi connectivity index (χ1v) is 5.14. The number of carbonyl (C=O) groups is 1. The zero-order valence-electron chi connectivity index (χ0n) is 8.97. The SMILES string of the molecule is CC1CN(c2ccc(C=O)o2)C(C)CO1. The minimum Gasteiger partial charge on any atom is -0.438 e. The van der Waals surface area contributed by atoms with Gasteiger partial charge in [0, 0.05) is 12.6 Å². The van der Waals surface area contributed by atoms with Crippen molar-refractivity contribution in [2.75, 3.05) is 18.1 Å². The predicted molar refractivity (Wildman–Crippen MR) is 56.3 cm³/mol. The molecule has 0 N–H and O–H groups in total. The largest absolute Gasteiger partial charge is 0.438 e. The van der Waals surface area contributed by atoms with E-state index in [4.69, 9.17) is 9.15 Å². The van der Waals surface area contributed by atoms with Crippen LogP contribution in [0.1, 0.15) is 24.4 Å². The molecule has 0 spiro atoms. The van der Waals surface area contributed by atoms with E-state index in [1.165, 1.54) is 0 Å². The van der Waals surface area contributed by atoms with Gasteiger partial charge in [-0.2, -0.15) is 0 Å². The number of furan rings is 1. The normalized spacial score (nSPS) is 26.7. The van der Waals surface area contributed by atoms with E-state index in [2.05, 4.69) is 11.8 Å². The Morgan fingerprint density at radius 1 is 1.47 bits per heavy atom. The summed E-state index contributed by atoms with van der Waals surface area (Å²) in [5.41, 5.74) is 0. The van der Waals surface area contributed by atoms with Crippen LogP contribution >= 0.6 is 0 Å². The van der Waals surface area contributed by atoms with Crippen LogP contribution in [0.2, 0.25) is 0 Å². The van der Waals surface area contributed by atoms with Gasteiger partial charge in [-0.15, -0.1) is 0 Å². The van der Waals surface area contributed by atoms with Crippen molar-refractivity contribution in [3.05, 3.63) is 17.9 Å². The maximum absolute atomic E-state index is 10.5. The standard InChI is InChI=1S/C11H15NO3/c1-8-7-14-9(2)5-12(8)11-4-3-10(6-13)15-11/h3-4,6,8-9H,5,7H2,1-2H3. The average Bonchev–Trinajstić information content (AvgIpc) is 2.70. The fraction of sp³-hybridized carbons (Fsp3) is 0.545. The molecule has 1 aliphatic heterocycles. The summed E-state index contributed by atoms with van der Waals surface area (Å²) in [6.45, 7) is 5.60. The summed E-state index contributed by atoms with van der Waals surface area (Å²) in [6, 6.07) is 3.81. The van der Waals surface area contributed by atoms with E-state index in [1.54, 1.807) is 6.07 Å². The Labute approximate surface area is 88.8 Å². The minimum atomic E-state index is 0.200. The van der Waals surface area contributed by atoms with Crippen LogP contribution in [0.3, 0.4) is 0 Å². The number of rotatable bonds is 2. The van der Waals surface area contributed by atoms with E-state index in [1.807, 2.05) is 13.0 Å². The third-order valence-corrected chi connectivity index (χ3v) is 2.62. The number of aldehydes is 1. The van der Waals surface area contributed by atoms with E-state index in [9.17, 15) is 4.79 Å². The van der Waals surface area contributed by atoms with Crippen LogP contribution < -0.4 is 4.90 Å². The molecule has 0 bridgehead atoms. The summed E-state index contributed by atoms with van der Waals surface area (Å²) in [5.74, 6) is 1.12. The van der Waals surface area contributed by atoms with Crippen LogP contribution in [-0.4, -0.2) is 31.6 Å². The molecule has 2 atom stereocenters. The molecule has 0 radical (unpaired) electrons. The maximum Gasteiger partial charge on any atom is 0.196 e. The second-order valence-corrected chi connectivity index (χ2v) is 3.94. The predicted octanol–water partition coefficient (Wildman–Crippen LogP) is 1.71. The lowest BCUT2D eigenvalue weighted by Gasteiger charge is -2.36. The molecule has 2 unspecified atom stereocenters. The Morgan fingerprint density at radius 2 is 2.27 bits per heavy atom. The van der Waals surface area contributed by atoms with E-state index in [-0.39, 0.29) is 12.1 Å². The lowest BCUT2D eigenvalue weighted by Crippen LogP contribution is -2.47. The Balaban J connectivity index is 2.17. The highest BCUT2D eigenvalue weighted by Gasteiger charge is 2.25. The number of hydrogen-bond acceptors (Lipinski definition) is 4. The highest BCUT2D eigenvalue weighted by atomic mass is 16.5. The molecule has 2 heterocycles. The Kier molecular flexibility index (Phi) is 2.77. The van der Waals surface area contributed by atoms with Crippen LogP contribution in [0.15, 0.2) is 16.5 Å². The van der Waals surface area contributed by atoms with Gasteiger partial charge in [-0.1, -0.05) is 0 Å². The van der Waals surface area contributed by atoms with Gasteiger partial charge < -0.3 is 14.1 Å². The fourth-order valence-electron chi connectivity index (χ4n) is 1.77.